The Kier molecular flexibility index (Phi) is 5.94. The Hall–Kier alpha value is -2.93. The van der Waals surface area contributed by atoms with Crippen LogP contribution < -0.4 is 25.0 Å². The summed E-state index contributed by atoms with van der Waals surface area (Å²) in [5.41, 5.74) is 2.13. The van der Waals surface area contributed by atoms with E-state index in [1.54, 1.807) is 25.2 Å². The minimum atomic E-state index is -0.694. The number of fused-ring (bicyclic) bond motifs is 1. The number of anilines is 2. The minimum absolute atomic E-state index is 0.0543. The monoisotopic (exact) mass is 403 g/mol. The second-order valence-corrected chi connectivity index (χ2v) is 6.83. The van der Waals surface area contributed by atoms with Gasteiger partial charge in [0.1, 0.15) is 11.5 Å². The fourth-order valence-electron chi connectivity index (χ4n) is 3.05. The number of para-hydroxylation sites is 2. The van der Waals surface area contributed by atoms with E-state index in [9.17, 15) is 9.59 Å². The van der Waals surface area contributed by atoms with Crippen LogP contribution in [-0.2, 0) is 9.59 Å². The first kappa shape index (κ1) is 19.8. The summed E-state index contributed by atoms with van der Waals surface area (Å²) in [6.07, 6.45) is -0.694. The zero-order valence-corrected chi connectivity index (χ0v) is 16.7. The lowest BCUT2D eigenvalue weighted by molar-refractivity contribution is -0.127. The van der Waals surface area contributed by atoms with Crippen molar-refractivity contribution >= 4 is 34.8 Å². The van der Waals surface area contributed by atoms with Crippen molar-refractivity contribution in [3.63, 3.8) is 0 Å². The van der Waals surface area contributed by atoms with Gasteiger partial charge in [-0.05, 0) is 30.7 Å². The highest BCUT2D eigenvalue weighted by Gasteiger charge is 2.31. The second-order valence-electron chi connectivity index (χ2n) is 6.42. The second kappa shape index (κ2) is 8.39. The van der Waals surface area contributed by atoms with Crippen molar-refractivity contribution in [3.05, 3.63) is 47.0 Å². The molecule has 1 unspecified atom stereocenters. The van der Waals surface area contributed by atoms with Crippen LogP contribution in [0.3, 0.4) is 0 Å². The highest BCUT2D eigenvalue weighted by atomic mass is 35.5. The number of halogens is 1. The number of carbonyl (C=O) groups excluding carboxylic acids is 2. The van der Waals surface area contributed by atoms with E-state index in [0.29, 0.717) is 22.2 Å². The molecule has 2 N–H and O–H groups in total. The summed E-state index contributed by atoms with van der Waals surface area (Å²) < 4.78 is 11.1. The molecule has 2 aromatic rings. The van der Waals surface area contributed by atoms with Crippen molar-refractivity contribution in [3.8, 4) is 11.5 Å². The lowest BCUT2D eigenvalue weighted by Gasteiger charge is -2.35. The maximum absolute atomic E-state index is 12.7. The number of amides is 2. The van der Waals surface area contributed by atoms with Gasteiger partial charge in [0.15, 0.2) is 6.10 Å². The summed E-state index contributed by atoms with van der Waals surface area (Å²) in [6.45, 7) is 2.17. The normalized spacial score (nSPS) is 15.3. The van der Waals surface area contributed by atoms with Crippen LogP contribution in [0.15, 0.2) is 36.4 Å². The molecule has 0 radical (unpaired) electrons. The third-order valence-corrected chi connectivity index (χ3v) is 4.90. The molecule has 148 valence electrons. The summed E-state index contributed by atoms with van der Waals surface area (Å²) in [5.74, 6) is 0.562. The zero-order chi connectivity index (χ0) is 20.3. The van der Waals surface area contributed by atoms with Crippen LogP contribution in [0.5, 0.6) is 11.5 Å². The van der Waals surface area contributed by atoms with Gasteiger partial charge in [0, 0.05) is 18.1 Å². The van der Waals surface area contributed by atoms with Gasteiger partial charge < -0.3 is 25.0 Å². The van der Waals surface area contributed by atoms with E-state index in [1.165, 1.54) is 7.11 Å². The third kappa shape index (κ3) is 4.14. The van der Waals surface area contributed by atoms with Crippen LogP contribution in [-0.4, -0.2) is 45.2 Å². The van der Waals surface area contributed by atoms with Gasteiger partial charge in [0.05, 0.1) is 31.6 Å². The predicted octanol–water partition coefficient (Wildman–Crippen LogP) is 2.61. The van der Waals surface area contributed by atoms with Gasteiger partial charge in [0.2, 0.25) is 5.91 Å². The minimum Gasteiger partial charge on any atom is -0.495 e. The van der Waals surface area contributed by atoms with Crippen molar-refractivity contribution in [1.82, 2.24) is 5.32 Å². The summed E-state index contributed by atoms with van der Waals surface area (Å²) in [6, 6.07) is 10.7. The molecular weight excluding hydrogens is 382 g/mol. The largest absolute Gasteiger partial charge is 0.495 e. The van der Waals surface area contributed by atoms with Gasteiger partial charge in [-0.1, -0.05) is 23.7 Å². The van der Waals surface area contributed by atoms with Crippen LogP contribution in [0, 0.1) is 6.92 Å². The first-order chi connectivity index (χ1) is 13.4. The summed E-state index contributed by atoms with van der Waals surface area (Å²) >= 11 is 6.12. The van der Waals surface area contributed by atoms with Crippen molar-refractivity contribution < 1.29 is 19.1 Å². The highest BCUT2D eigenvalue weighted by molar-refractivity contribution is 6.31. The molecule has 2 aromatic carbocycles. The van der Waals surface area contributed by atoms with E-state index < -0.39 is 6.10 Å². The van der Waals surface area contributed by atoms with Gasteiger partial charge in [-0.15, -0.1) is 0 Å². The number of hydrogen-bond donors (Lipinski definition) is 2. The van der Waals surface area contributed by atoms with Crippen LogP contribution in [0.25, 0.3) is 0 Å². The molecule has 1 aliphatic heterocycles. The molecule has 2 amide bonds. The molecule has 0 fully saturated rings. The third-order valence-electron chi connectivity index (χ3n) is 4.49. The first-order valence-corrected chi connectivity index (χ1v) is 9.17. The number of aryl methyl sites for hydroxylation is 1. The molecule has 1 atom stereocenters. The Labute approximate surface area is 168 Å². The number of nitrogens with one attached hydrogen (secondary N) is 2. The lowest BCUT2D eigenvalue weighted by Crippen LogP contribution is -2.50. The Morgan fingerprint density at radius 1 is 1.32 bits per heavy atom. The molecule has 0 saturated carbocycles. The molecule has 0 bridgehead atoms. The van der Waals surface area contributed by atoms with Gasteiger partial charge in [0.25, 0.3) is 5.91 Å². The van der Waals surface area contributed by atoms with Crippen molar-refractivity contribution in [2.24, 2.45) is 0 Å². The molecule has 3 rings (SSSR count). The number of carbonyl (C=O) groups is 2. The van der Waals surface area contributed by atoms with Crippen LogP contribution in [0.1, 0.15) is 5.56 Å². The average molecular weight is 404 g/mol. The van der Waals surface area contributed by atoms with Crippen molar-refractivity contribution in [1.29, 1.82) is 0 Å². The molecule has 0 spiro atoms. The number of rotatable bonds is 5. The van der Waals surface area contributed by atoms with Crippen LogP contribution in [0.2, 0.25) is 5.02 Å². The molecule has 0 saturated heterocycles. The highest BCUT2D eigenvalue weighted by Crippen LogP contribution is 2.34. The molecule has 0 aliphatic carbocycles. The van der Waals surface area contributed by atoms with Crippen molar-refractivity contribution in [2.75, 3.05) is 37.5 Å². The smallest absolute Gasteiger partial charge is 0.262 e. The maximum atomic E-state index is 12.7. The molecular formula is C20H22ClN3O4. The van der Waals surface area contributed by atoms with Gasteiger partial charge in [-0.25, -0.2) is 0 Å². The number of likely N-dealkylation sites (N-methyl/N-ethyl adjacent to an activating group) is 1. The lowest BCUT2D eigenvalue weighted by atomic mass is 10.1. The van der Waals surface area contributed by atoms with E-state index >= 15 is 0 Å². The topological polar surface area (TPSA) is 79.9 Å². The Morgan fingerprint density at radius 3 is 2.79 bits per heavy atom. The van der Waals surface area contributed by atoms with E-state index in [0.717, 1.165) is 11.3 Å². The fraction of sp³-hybridized carbons (Fsp3) is 0.300. The van der Waals surface area contributed by atoms with Crippen LogP contribution >= 0.6 is 11.6 Å². The number of hydrogen-bond acceptors (Lipinski definition) is 5. The van der Waals surface area contributed by atoms with E-state index in [2.05, 4.69) is 10.6 Å². The first-order valence-electron chi connectivity index (χ1n) is 8.79. The van der Waals surface area contributed by atoms with Gasteiger partial charge in [-0.2, -0.15) is 0 Å². The maximum Gasteiger partial charge on any atom is 0.262 e. The van der Waals surface area contributed by atoms with Gasteiger partial charge >= 0.3 is 0 Å². The average Bonchev–Trinajstić information content (AvgIpc) is 2.69. The number of nitrogens with zero attached hydrogens (tertiary/aromatic N) is 1. The summed E-state index contributed by atoms with van der Waals surface area (Å²) in [4.78, 5) is 26.6. The summed E-state index contributed by atoms with van der Waals surface area (Å²) in [5, 5.41) is 6.01. The Balaban J connectivity index is 1.80. The fourth-order valence-corrected chi connectivity index (χ4v) is 3.20. The summed E-state index contributed by atoms with van der Waals surface area (Å²) in [7, 11) is 3.07. The number of benzene rings is 2. The molecule has 1 heterocycles. The van der Waals surface area contributed by atoms with Crippen LogP contribution in [0.4, 0.5) is 11.4 Å². The van der Waals surface area contributed by atoms with E-state index in [-0.39, 0.29) is 24.9 Å². The van der Waals surface area contributed by atoms with Crippen molar-refractivity contribution in [2.45, 2.75) is 13.0 Å². The predicted molar refractivity (Wildman–Crippen MR) is 109 cm³/mol. The van der Waals surface area contributed by atoms with Gasteiger partial charge in [-0.3, -0.25) is 9.59 Å². The Bertz CT molecular complexity index is 903. The molecule has 28 heavy (non-hydrogen) atoms. The molecule has 8 heteroatoms. The Morgan fingerprint density at radius 2 is 2.07 bits per heavy atom. The SMILES string of the molecule is CNC(=O)C1CN(CC(=O)Nc2cc(C)c(Cl)cc2OC)c2ccccc2O1. The molecule has 1 aliphatic rings. The van der Waals surface area contributed by atoms with E-state index in [1.807, 2.05) is 30.0 Å². The number of methoxy groups -OCH3 is 1. The quantitative estimate of drug-likeness (QED) is 0.802. The molecule has 0 aromatic heterocycles. The zero-order valence-electron chi connectivity index (χ0n) is 15.9. The molecule has 7 nitrogen and oxygen atoms in total. The standard InChI is InChI=1S/C20H22ClN3O4/c1-12-8-14(17(27-3)9-13(12)21)23-19(25)11-24-10-18(20(26)22-2)28-16-7-5-4-6-15(16)24/h4-9,18H,10-11H2,1-3H3,(H,22,26)(H,23,25). The van der Waals surface area contributed by atoms with E-state index in [4.69, 9.17) is 21.1 Å². The number of ether oxygens (including phenoxy) is 2.